The molecule has 0 spiro atoms. The number of benzene rings is 1. The van der Waals surface area contributed by atoms with Crippen LogP contribution in [-0.2, 0) is 4.74 Å². The van der Waals surface area contributed by atoms with E-state index in [1.54, 1.807) is 0 Å². The van der Waals surface area contributed by atoms with Crippen molar-refractivity contribution in [3.63, 3.8) is 0 Å². The number of hydrogen-bond donors (Lipinski definition) is 1. The lowest BCUT2D eigenvalue weighted by atomic mass is 9.98. The van der Waals surface area contributed by atoms with Gasteiger partial charge in [0.05, 0.1) is 12.1 Å². The molecule has 2 nitrogen and oxygen atoms in total. The Morgan fingerprint density at radius 2 is 2.06 bits per heavy atom. The van der Waals surface area contributed by atoms with E-state index >= 15 is 0 Å². The van der Waals surface area contributed by atoms with Crippen molar-refractivity contribution in [1.29, 1.82) is 0 Å². The molecule has 0 saturated carbocycles. The summed E-state index contributed by atoms with van der Waals surface area (Å²) in [6.45, 7) is 7.10. The number of hydrogen-bond acceptors (Lipinski definition) is 2. The molecule has 2 heteroatoms. The Labute approximate surface area is 99.0 Å². The lowest BCUT2D eigenvalue weighted by molar-refractivity contribution is 0.0334. The zero-order valence-corrected chi connectivity index (χ0v) is 10.8. The van der Waals surface area contributed by atoms with Gasteiger partial charge in [-0.1, -0.05) is 36.8 Å². The first-order chi connectivity index (χ1) is 7.72. The van der Waals surface area contributed by atoms with Crippen LogP contribution in [-0.4, -0.2) is 19.8 Å². The maximum atomic E-state index is 5.78. The second-order valence-corrected chi connectivity index (χ2v) is 4.08. The predicted octanol–water partition coefficient (Wildman–Crippen LogP) is 3.07. The number of nitrogens with one attached hydrogen (secondary N) is 1. The van der Waals surface area contributed by atoms with Crippen LogP contribution in [0, 0.1) is 6.92 Å². The number of likely N-dealkylation sites (N-methyl/N-ethyl adjacent to an activating group) is 1. The van der Waals surface area contributed by atoms with E-state index in [1.165, 1.54) is 11.1 Å². The minimum Gasteiger partial charge on any atom is -0.377 e. The van der Waals surface area contributed by atoms with Crippen molar-refractivity contribution in [1.82, 2.24) is 5.32 Å². The van der Waals surface area contributed by atoms with Crippen LogP contribution in [0.3, 0.4) is 0 Å². The van der Waals surface area contributed by atoms with Crippen LogP contribution in [0.1, 0.15) is 37.4 Å². The van der Waals surface area contributed by atoms with Crippen molar-refractivity contribution in [2.45, 2.75) is 39.3 Å². The Bertz CT molecular complexity index is 311. The van der Waals surface area contributed by atoms with Gasteiger partial charge in [0.15, 0.2) is 0 Å². The molecule has 1 aromatic rings. The standard InChI is InChI=1S/C14H23NO/c1-5-13(16-6-2)14(15-4)12-9-7-8-11(3)10-12/h7-10,13-15H,5-6H2,1-4H3. The highest BCUT2D eigenvalue weighted by atomic mass is 16.5. The molecular weight excluding hydrogens is 198 g/mol. The molecule has 1 rings (SSSR count). The van der Waals surface area contributed by atoms with Crippen molar-refractivity contribution in [3.05, 3.63) is 35.4 Å². The number of ether oxygens (including phenoxy) is 1. The third-order valence-corrected chi connectivity index (χ3v) is 2.87. The Balaban J connectivity index is 2.87. The molecule has 90 valence electrons. The van der Waals surface area contributed by atoms with E-state index in [0.29, 0.717) is 0 Å². The van der Waals surface area contributed by atoms with Gasteiger partial charge >= 0.3 is 0 Å². The highest BCUT2D eigenvalue weighted by molar-refractivity contribution is 5.25. The van der Waals surface area contributed by atoms with Gasteiger partial charge in [-0.2, -0.15) is 0 Å². The SMILES string of the molecule is CCOC(CC)C(NC)c1cccc(C)c1. The molecule has 2 unspecified atom stereocenters. The molecule has 0 radical (unpaired) electrons. The summed E-state index contributed by atoms with van der Waals surface area (Å²) < 4.78 is 5.78. The Morgan fingerprint density at radius 3 is 2.56 bits per heavy atom. The molecule has 16 heavy (non-hydrogen) atoms. The molecule has 0 bridgehead atoms. The summed E-state index contributed by atoms with van der Waals surface area (Å²) in [5.41, 5.74) is 2.60. The second kappa shape index (κ2) is 6.66. The van der Waals surface area contributed by atoms with Crippen LogP contribution in [0.5, 0.6) is 0 Å². The maximum Gasteiger partial charge on any atom is 0.0766 e. The largest absolute Gasteiger partial charge is 0.377 e. The zero-order valence-electron chi connectivity index (χ0n) is 10.8. The van der Waals surface area contributed by atoms with Crippen molar-refractivity contribution in [2.75, 3.05) is 13.7 Å². The first kappa shape index (κ1) is 13.2. The molecule has 0 amide bonds. The fourth-order valence-electron chi connectivity index (χ4n) is 2.09. The van der Waals surface area contributed by atoms with E-state index < -0.39 is 0 Å². The first-order valence-electron chi connectivity index (χ1n) is 6.08. The Kier molecular flexibility index (Phi) is 5.50. The van der Waals surface area contributed by atoms with Crippen molar-refractivity contribution in [3.8, 4) is 0 Å². The number of rotatable bonds is 6. The smallest absolute Gasteiger partial charge is 0.0766 e. The monoisotopic (exact) mass is 221 g/mol. The lowest BCUT2D eigenvalue weighted by Crippen LogP contribution is -2.31. The topological polar surface area (TPSA) is 21.3 Å². The maximum absolute atomic E-state index is 5.78. The van der Waals surface area contributed by atoms with Crippen molar-refractivity contribution < 1.29 is 4.74 Å². The molecule has 0 heterocycles. The van der Waals surface area contributed by atoms with Crippen molar-refractivity contribution in [2.24, 2.45) is 0 Å². The van der Waals surface area contributed by atoms with Crippen LogP contribution in [0.25, 0.3) is 0 Å². The Morgan fingerprint density at radius 1 is 1.31 bits per heavy atom. The normalized spacial score (nSPS) is 14.8. The molecule has 0 aromatic heterocycles. The van der Waals surface area contributed by atoms with Gasteiger partial charge < -0.3 is 10.1 Å². The fourth-order valence-corrected chi connectivity index (χ4v) is 2.09. The summed E-state index contributed by atoms with van der Waals surface area (Å²) in [5.74, 6) is 0. The van der Waals surface area contributed by atoms with Crippen LogP contribution < -0.4 is 5.32 Å². The quantitative estimate of drug-likeness (QED) is 0.797. The average molecular weight is 221 g/mol. The van der Waals surface area contributed by atoms with Crippen LogP contribution >= 0.6 is 0 Å². The number of aryl methyl sites for hydroxylation is 1. The summed E-state index contributed by atoms with van der Waals surface area (Å²) in [7, 11) is 1.99. The molecule has 2 atom stereocenters. The minimum atomic E-state index is 0.247. The van der Waals surface area contributed by atoms with Crippen LogP contribution in [0.2, 0.25) is 0 Å². The summed E-state index contributed by atoms with van der Waals surface area (Å²) in [6, 6.07) is 8.90. The summed E-state index contributed by atoms with van der Waals surface area (Å²) in [6.07, 6.45) is 1.27. The van der Waals surface area contributed by atoms with Gasteiger partial charge in [0.1, 0.15) is 0 Å². The molecular formula is C14H23NO. The Hall–Kier alpha value is -0.860. The average Bonchev–Trinajstić information content (AvgIpc) is 2.29. The minimum absolute atomic E-state index is 0.247. The van der Waals surface area contributed by atoms with E-state index in [4.69, 9.17) is 4.74 Å². The van der Waals surface area contributed by atoms with E-state index in [2.05, 4.69) is 43.4 Å². The molecule has 1 N–H and O–H groups in total. The van der Waals surface area contributed by atoms with Gasteiger partial charge in [-0.25, -0.2) is 0 Å². The van der Waals surface area contributed by atoms with Gasteiger partial charge in [-0.15, -0.1) is 0 Å². The predicted molar refractivity (Wildman–Crippen MR) is 68.7 cm³/mol. The third-order valence-electron chi connectivity index (χ3n) is 2.87. The summed E-state index contributed by atoms with van der Waals surface area (Å²) in [4.78, 5) is 0. The van der Waals surface area contributed by atoms with Crippen molar-refractivity contribution >= 4 is 0 Å². The fraction of sp³-hybridized carbons (Fsp3) is 0.571. The van der Waals surface area contributed by atoms with Gasteiger partial charge in [-0.05, 0) is 32.9 Å². The molecule has 0 aliphatic heterocycles. The van der Waals surface area contributed by atoms with Gasteiger partial charge in [-0.3, -0.25) is 0 Å². The highest BCUT2D eigenvalue weighted by Crippen LogP contribution is 2.22. The molecule has 0 saturated heterocycles. The van der Waals surface area contributed by atoms with Gasteiger partial charge in [0.25, 0.3) is 0 Å². The van der Waals surface area contributed by atoms with Gasteiger partial charge in [0.2, 0.25) is 0 Å². The molecule has 1 aromatic carbocycles. The molecule has 0 aliphatic rings. The molecule has 0 fully saturated rings. The first-order valence-corrected chi connectivity index (χ1v) is 6.08. The van der Waals surface area contributed by atoms with E-state index in [9.17, 15) is 0 Å². The third kappa shape index (κ3) is 3.32. The highest BCUT2D eigenvalue weighted by Gasteiger charge is 2.20. The summed E-state index contributed by atoms with van der Waals surface area (Å²) >= 11 is 0. The lowest BCUT2D eigenvalue weighted by Gasteiger charge is -2.26. The summed E-state index contributed by atoms with van der Waals surface area (Å²) in [5, 5.41) is 3.36. The van der Waals surface area contributed by atoms with E-state index in [-0.39, 0.29) is 12.1 Å². The van der Waals surface area contributed by atoms with E-state index in [0.717, 1.165) is 13.0 Å². The molecule has 0 aliphatic carbocycles. The van der Waals surface area contributed by atoms with E-state index in [1.807, 2.05) is 14.0 Å². The van der Waals surface area contributed by atoms with Gasteiger partial charge in [0, 0.05) is 6.61 Å². The second-order valence-electron chi connectivity index (χ2n) is 4.08. The van der Waals surface area contributed by atoms with Crippen LogP contribution in [0.15, 0.2) is 24.3 Å². The van der Waals surface area contributed by atoms with Crippen LogP contribution in [0.4, 0.5) is 0 Å². The zero-order chi connectivity index (χ0) is 12.0.